The molecule has 0 bridgehead atoms. The van der Waals surface area contributed by atoms with Crippen molar-refractivity contribution in [3.63, 3.8) is 0 Å². The van der Waals surface area contributed by atoms with Gasteiger partial charge >= 0.3 is 0 Å². The van der Waals surface area contributed by atoms with Gasteiger partial charge in [-0.2, -0.15) is 0 Å². The second-order valence-corrected chi connectivity index (χ2v) is 11.6. The van der Waals surface area contributed by atoms with Crippen LogP contribution < -0.4 is 4.74 Å². The number of ether oxygens (including phenoxy) is 3. The van der Waals surface area contributed by atoms with E-state index in [1.807, 2.05) is 37.3 Å². The molecule has 3 saturated carbocycles. The second-order valence-electron chi connectivity index (χ2n) is 11.6. The first-order valence-corrected chi connectivity index (χ1v) is 12.9. The number of allylic oxidation sites excluding steroid dienone is 4. The van der Waals surface area contributed by atoms with Crippen LogP contribution in [0.5, 0.6) is 5.75 Å². The van der Waals surface area contributed by atoms with Crippen molar-refractivity contribution in [2.24, 2.45) is 28.6 Å². The van der Waals surface area contributed by atoms with Crippen LogP contribution in [0.3, 0.4) is 0 Å². The predicted molar refractivity (Wildman–Crippen MR) is 130 cm³/mol. The standard InChI is InChI=1S/C29H34O7/c1-27-11-10-18(31)12-17(27)6-9-20-21-13-24-29(23(33)15-30,28(21,2)14-22(32)25(20)27)36-26(35-24)16-4-7-19(34-3)8-5-16/h4-5,7-8,10-12,20-22,24-26,30,32H,6,9,13-15H2,1-3H3/t20-,21-,22-,24+,25+,26?,27-,28-,29+/m0/s1. The van der Waals surface area contributed by atoms with Crippen LogP contribution in [-0.2, 0) is 19.1 Å². The first-order chi connectivity index (χ1) is 17.2. The molecule has 1 aromatic rings. The van der Waals surface area contributed by atoms with Gasteiger partial charge in [0.25, 0.3) is 0 Å². The quantitative estimate of drug-likeness (QED) is 0.662. The minimum absolute atomic E-state index is 0.00494. The Hall–Kier alpha value is -2.32. The lowest BCUT2D eigenvalue weighted by atomic mass is 9.46. The van der Waals surface area contributed by atoms with Crippen LogP contribution in [0.2, 0.25) is 0 Å². The van der Waals surface area contributed by atoms with E-state index in [1.54, 1.807) is 19.3 Å². The molecule has 7 nitrogen and oxygen atoms in total. The van der Waals surface area contributed by atoms with Crippen molar-refractivity contribution in [1.29, 1.82) is 0 Å². The molecule has 7 heteroatoms. The third-order valence-electron chi connectivity index (χ3n) is 10.2. The van der Waals surface area contributed by atoms with E-state index >= 15 is 0 Å². The summed E-state index contributed by atoms with van der Waals surface area (Å²) in [7, 11) is 1.60. The highest BCUT2D eigenvalue weighted by Gasteiger charge is 2.75. The first kappa shape index (κ1) is 24.0. The van der Waals surface area contributed by atoms with E-state index in [2.05, 4.69) is 6.92 Å². The SMILES string of the molecule is COc1ccc(C2O[C@@H]3C[C@H]4[C@@H]5CCC6=CC(=O)C=C[C@]6(C)[C@H]5[C@@H](O)C[C@]4(C)[C@]3(C(=O)CO)O2)cc1. The van der Waals surface area contributed by atoms with Gasteiger partial charge in [-0.15, -0.1) is 0 Å². The van der Waals surface area contributed by atoms with Crippen LogP contribution in [0.25, 0.3) is 0 Å². The van der Waals surface area contributed by atoms with E-state index in [4.69, 9.17) is 14.2 Å². The van der Waals surface area contributed by atoms with Gasteiger partial charge in [0, 0.05) is 22.3 Å². The summed E-state index contributed by atoms with van der Waals surface area (Å²) in [5.74, 6) is 0.490. The summed E-state index contributed by atoms with van der Waals surface area (Å²) in [6.45, 7) is 3.52. The summed E-state index contributed by atoms with van der Waals surface area (Å²) in [5, 5.41) is 21.8. The molecule has 0 spiro atoms. The molecule has 0 amide bonds. The van der Waals surface area contributed by atoms with Crippen LogP contribution in [0.1, 0.15) is 51.4 Å². The molecular weight excluding hydrogens is 460 g/mol. The number of fused-ring (bicyclic) bond motifs is 7. The maximum absolute atomic E-state index is 13.5. The van der Waals surface area contributed by atoms with Gasteiger partial charge in [-0.25, -0.2) is 0 Å². The summed E-state index contributed by atoms with van der Waals surface area (Å²) in [4.78, 5) is 25.6. The molecule has 1 heterocycles. The number of methoxy groups -OCH3 is 1. The lowest BCUT2D eigenvalue weighted by Crippen LogP contribution is -2.63. The number of Topliss-reactive ketones (excluding diaryl/α,β-unsaturated/α-hetero) is 1. The number of rotatable bonds is 4. The predicted octanol–water partition coefficient (Wildman–Crippen LogP) is 3.30. The molecule has 1 aromatic carbocycles. The lowest BCUT2D eigenvalue weighted by Gasteiger charge is -2.59. The Morgan fingerprint density at radius 1 is 1.22 bits per heavy atom. The first-order valence-electron chi connectivity index (χ1n) is 12.9. The fraction of sp³-hybridized carbons (Fsp3) is 0.586. The van der Waals surface area contributed by atoms with E-state index in [-0.39, 0.29) is 29.3 Å². The summed E-state index contributed by atoms with van der Waals surface area (Å²) in [5.41, 5.74) is -0.563. The van der Waals surface area contributed by atoms with E-state index < -0.39 is 41.5 Å². The van der Waals surface area contributed by atoms with Crippen molar-refractivity contribution in [3.8, 4) is 5.75 Å². The van der Waals surface area contributed by atoms with Gasteiger partial charge < -0.3 is 24.4 Å². The van der Waals surface area contributed by atoms with Crippen molar-refractivity contribution in [2.75, 3.05) is 13.7 Å². The highest BCUT2D eigenvalue weighted by Crippen LogP contribution is 2.70. The highest BCUT2D eigenvalue weighted by molar-refractivity contribution is 6.01. The van der Waals surface area contributed by atoms with Gasteiger partial charge in [0.05, 0.1) is 19.3 Å². The normalized spacial score (nSPS) is 44.8. The number of hydrogen-bond donors (Lipinski definition) is 2. The number of carbonyl (C=O) groups excluding carboxylic acids is 2. The molecule has 5 aliphatic rings. The summed E-state index contributed by atoms with van der Waals surface area (Å²) >= 11 is 0. The summed E-state index contributed by atoms with van der Waals surface area (Å²) in [6, 6.07) is 7.37. The topological polar surface area (TPSA) is 102 Å². The Labute approximate surface area is 211 Å². The third kappa shape index (κ3) is 3.00. The summed E-state index contributed by atoms with van der Waals surface area (Å²) in [6.07, 6.45) is 6.01. The van der Waals surface area contributed by atoms with Gasteiger partial charge in [0.1, 0.15) is 12.4 Å². The molecule has 1 unspecified atom stereocenters. The Balaban J connectivity index is 1.38. The molecule has 6 rings (SSSR count). The van der Waals surface area contributed by atoms with E-state index in [1.165, 1.54) is 0 Å². The van der Waals surface area contributed by atoms with Gasteiger partial charge in [-0.05, 0) is 61.8 Å². The zero-order valence-electron chi connectivity index (χ0n) is 21.0. The molecule has 0 radical (unpaired) electrons. The number of aliphatic hydroxyl groups is 2. The van der Waals surface area contributed by atoms with Crippen LogP contribution in [0.15, 0.2) is 48.1 Å². The molecule has 0 aromatic heterocycles. The molecule has 1 aliphatic heterocycles. The van der Waals surface area contributed by atoms with Gasteiger partial charge in [-0.1, -0.05) is 37.6 Å². The molecule has 4 aliphatic carbocycles. The zero-order valence-corrected chi connectivity index (χ0v) is 21.0. The largest absolute Gasteiger partial charge is 0.497 e. The van der Waals surface area contributed by atoms with Gasteiger partial charge in [-0.3, -0.25) is 9.59 Å². The molecule has 2 N–H and O–H groups in total. The van der Waals surface area contributed by atoms with Crippen molar-refractivity contribution in [1.82, 2.24) is 0 Å². The minimum Gasteiger partial charge on any atom is -0.497 e. The monoisotopic (exact) mass is 494 g/mol. The van der Waals surface area contributed by atoms with Crippen LogP contribution in [0, 0.1) is 28.6 Å². The number of benzene rings is 1. The van der Waals surface area contributed by atoms with E-state index in [0.29, 0.717) is 18.6 Å². The summed E-state index contributed by atoms with van der Waals surface area (Å²) < 4.78 is 18.3. The fourth-order valence-electron chi connectivity index (χ4n) is 8.60. The lowest BCUT2D eigenvalue weighted by molar-refractivity contribution is -0.201. The Bertz CT molecular complexity index is 1150. The highest BCUT2D eigenvalue weighted by atomic mass is 16.7. The van der Waals surface area contributed by atoms with Crippen LogP contribution in [-0.4, -0.2) is 53.3 Å². The second kappa shape index (κ2) is 8.09. The number of ketones is 2. The van der Waals surface area contributed by atoms with E-state index in [9.17, 15) is 19.8 Å². The average molecular weight is 495 g/mol. The maximum atomic E-state index is 13.5. The maximum Gasteiger partial charge on any atom is 0.193 e. The van der Waals surface area contributed by atoms with Gasteiger partial charge in [0.2, 0.25) is 0 Å². The minimum atomic E-state index is -1.33. The van der Waals surface area contributed by atoms with Gasteiger partial charge in [0.15, 0.2) is 23.5 Å². The smallest absolute Gasteiger partial charge is 0.193 e. The van der Waals surface area contributed by atoms with E-state index in [0.717, 1.165) is 24.0 Å². The van der Waals surface area contributed by atoms with Crippen LogP contribution >= 0.6 is 0 Å². The average Bonchev–Trinajstić information content (AvgIpc) is 3.37. The molecule has 1 saturated heterocycles. The zero-order chi connectivity index (χ0) is 25.5. The Morgan fingerprint density at radius 3 is 2.67 bits per heavy atom. The molecular formula is C29H34O7. The number of hydrogen-bond acceptors (Lipinski definition) is 7. The molecule has 36 heavy (non-hydrogen) atoms. The molecule has 192 valence electrons. The fourth-order valence-corrected chi connectivity index (χ4v) is 8.60. The van der Waals surface area contributed by atoms with Crippen LogP contribution in [0.4, 0.5) is 0 Å². The third-order valence-corrected chi connectivity index (χ3v) is 10.2. The number of carbonyl (C=O) groups is 2. The van der Waals surface area contributed by atoms with Crippen molar-refractivity contribution in [2.45, 2.75) is 63.6 Å². The Morgan fingerprint density at radius 2 is 1.97 bits per heavy atom. The van der Waals surface area contributed by atoms with Crippen molar-refractivity contribution >= 4 is 11.6 Å². The van der Waals surface area contributed by atoms with Crippen molar-refractivity contribution < 1.29 is 34.0 Å². The number of aliphatic hydroxyl groups excluding tert-OH is 2. The Kier molecular flexibility index (Phi) is 5.40. The van der Waals surface area contributed by atoms with Crippen molar-refractivity contribution in [3.05, 3.63) is 53.6 Å². The molecule has 9 atom stereocenters. The molecule has 4 fully saturated rings.